The number of hydrogen-bond donors (Lipinski definition) is 0. The first-order valence-electron chi connectivity index (χ1n) is 5.80. The molecule has 104 valence electrons. The summed E-state index contributed by atoms with van der Waals surface area (Å²) in [5.41, 5.74) is 0.750. The number of benzene rings is 2. The van der Waals surface area contributed by atoms with Gasteiger partial charge < -0.3 is 0 Å². The minimum absolute atomic E-state index is 0.0166. The zero-order chi connectivity index (χ0) is 14.6. The van der Waals surface area contributed by atoms with Crippen LogP contribution in [0.3, 0.4) is 0 Å². The van der Waals surface area contributed by atoms with Crippen molar-refractivity contribution in [2.75, 3.05) is 0 Å². The van der Waals surface area contributed by atoms with E-state index >= 15 is 0 Å². The molecule has 20 heavy (non-hydrogen) atoms. The average Bonchev–Trinajstić information content (AvgIpc) is 2.46. The summed E-state index contributed by atoms with van der Waals surface area (Å²) in [6.07, 6.45) is 0.338. The van der Waals surface area contributed by atoms with E-state index in [0.717, 1.165) is 14.3 Å². The van der Waals surface area contributed by atoms with Gasteiger partial charge in [-0.15, -0.1) is 0 Å². The van der Waals surface area contributed by atoms with Crippen molar-refractivity contribution in [1.29, 1.82) is 0 Å². The maximum absolute atomic E-state index is 12.4. The number of nitrogens with zero attached hydrogens (tertiary/aromatic N) is 1. The van der Waals surface area contributed by atoms with E-state index in [9.17, 15) is 13.2 Å². The third-order valence-electron chi connectivity index (χ3n) is 2.72. The van der Waals surface area contributed by atoms with Crippen molar-refractivity contribution in [2.45, 2.75) is 11.4 Å². The van der Waals surface area contributed by atoms with Crippen molar-refractivity contribution >= 4 is 32.4 Å². The van der Waals surface area contributed by atoms with Crippen LogP contribution in [0.5, 0.6) is 0 Å². The first-order chi connectivity index (χ1) is 9.54. The predicted molar refractivity (Wildman–Crippen MR) is 79.4 cm³/mol. The van der Waals surface area contributed by atoms with Crippen molar-refractivity contribution in [3.05, 3.63) is 64.6 Å². The van der Waals surface area contributed by atoms with E-state index in [1.54, 1.807) is 36.4 Å². The second-order valence-corrected chi connectivity index (χ2v) is 6.90. The van der Waals surface area contributed by atoms with E-state index in [-0.39, 0.29) is 11.4 Å². The lowest BCUT2D eigenvalue weighted by Crippen LogP contribution is -2.29. The molecule has 0 heterocycles. The summed E-state index contributed by atoms with van der Waals surface area (Å²) in [6, 6.07) is 15.1. The number of carbonyl (C=O) groups excluding carboxylic acids is 1. The Hall–Kier alpha value is -1.66. The fourth-order valence-electron chi connectivity index (χ4n) is 1.68. The topological polar surface area (TPSA) is 54.5 Å². The lowest BCUT2D eigenvalue weighted by Gasteiger charge is -2.17. The van der Waals surface area contributed by atoms with E-state index in [0.29, 0.717) is 6.41 Å². The highest BCUT2D eigenvalue weighted by Gasteiger charge is 2.22. The molecule has 0 radical (unpaired) electrons. The smallest absolute Gasteiger partial charge is 0.266 e. The molecule has 0 saturated heterocycles. The lowest BCUT2D eigenvalue weighted by atomic mass is 10.2. The Morgan fingerprint density at radius 3 is 2.15 bits per heavy atom. The number of carbonyl (C=O) groups is 1. The summed E-state index contributed by atoms with van der Waals surface area (Å²) < 4.78 is 26.3. The lowest BCUT2D eigenvalue weighted by molar-refractivity contribution is -0.114. The summed E-state index contributed by atoms with van der Waals surface area (Å²) >= 11 is 3.24. The summed E-state index contributed by atoms with van der Waals surface area (Å²) in [5, 5.41) is 0. The molecule has 0 saturated carbocycles. The molecule has 0 spiro atoms. The molecule has 1 amide bonds. The monoisotopic (exact) mass is 353 g/mol. The van der Waals surface area contributed by atoms with Gasteiger partial charge in [-0.3, -0.25) is 4.79 Å². The maximum atomic E-state index is 12.4. The van der Waals surface area contributed by atoms with Crippen molar-refractivity contribution in [3.8, 4) is 0 Å². The highest BCUT2D eigenvalue weighted by molar-refractivity contribution is 9.10. The second kappa shape index (κ2) is 6.19. The SMILES string of the molecule is O=CN(Cc1ccccc1)S(=O)(=O)c1ccc(Br)cc1. The van der Waals surface area contributed by atoms with Gasteiger partial charge in [0, 0.05) is 4.47 Å². The number of halogens is 1. The molecular formula is C14H12BrNO3S. The van der Waals surface area contributed by atoms with Gasteiger partial charge in [0.05, 0.1) is 11.4 Å². The van der Waals surface area contributed by atoms with Crippen LogP contribution in [-0.2, 0) is 21.4 Å². The molecule has 0 aromatic heterocycles. The Kier molecular flexibility index (Phi) is 4.57. The molecule has 0 aliphatic carbocycles. The zero-order valence-corrected chi connectivity index (χ0v) is 12.8. The first-order valence-corrected chi connectivity index (χ1v) is 8.04. The molecule has 2 aromatic rings. The molecule has 0 N–H and O–H groups in total. The van der Waals surface area contributed by atoms with Gasteiger partial charge in [-0.2, -0.15) is 0 Å². The average molecular weight is 354 g/mol. The van der Waals surface area contributed by atoms with E-state index in [1.165, 1.54) is 12.1 Å². The quantitative estimate of drug-likeness (QED) is 0.776. The van der Waals surface area contributed by atoms with E-state index in [2.05, 4.69) is 15.9 Å². The zero-order valence-electron chi connectivity index (χ0n) is 10.4. The van der Waals surface area contributed by atoms with Crippen LogP contribution in [0, 0.1) is 0 Å². The normalized spacial score (nSPS) is 11.1. The van der Waals surface area contributed by atoms with E-state index in [1.807, 2.05) is 6.07 Å². The Labute approximate surface area is 126 Å². The van der Waals surface area contributed by atoms with Gasteiger partial charge in [-0.1, -0.05) is 46.3 Å². The van der Waals surface area contributed by atoms with Crippen LogP contribution in [0.4, 0.5) is 0 Å². The highest BCUT2D eigenvalue weighted by Crippen LogP contribution is 2.19. The molecule has 0 aliphatic rings. The second-order valence-electron chi connectivity index (χ2n) is 4.10. The third kappa shape index (κ3) is 3.26. The summed E-state index contributed by atoms with van der Waals surface area (Å²) in [7, 11) is -3.82. The molecule has 2 rings (SSSR count). The van der Waals surface area contributed by atoms with Crippen LogP contribution in [0.15, 0.2) is 64.0 Å². The Morgan fingerprint density at radius 2 is 1.60 bits per heavy atom. The van der Waals surface area contributed by atoms with Crippen molar-refractivity contribution < 1.29 is 13.2 Å². The fourth-order valence-corrected chi connectivity index (χ4v) is 3.13. The van der Waals surface area contributed by atoms with Gasteiger partial charge in [-0.25, -0.2) is 12.7 Å². The van der Waals surface area contributed by atoms with Crippen molar-refractivity contribution in [1.82, 2.24) is 4.31 Å². The van der Waals surface area contributed by atoms with Crippen molar-refractivity contribution in [3.63, 3.8) is 0 Å². The molecule has 4 nitrogen and oxygen atoms in total. The number of sulfonamides is 1. The molecule has 0 bridgehead atoms. The molecule has 0 fully saturated rings. The predicted octanol–water partition coefficient (Wildman–Crippen LogP) is 2.80. The van der Waals surface area contributed by atoms with Crippen LogP contribution in [0.1, 0.15) is 5.56 Å². The first kappa shape index (κ1) is 14.7. The van der Waals surface area contributed by atoms with E-state index in [4.69, 9.17) is 0 Å². The molecule has 0 atom stereocenters. The third-order valence-corrected chi connectivity index (χ3v) is 4.95. The van der Waals surface area contributed by atoms with Gasteiger partial charge >= 0.3 is 0 Å². The van der Waals surface area contributed by atoms with Gasteiger partial charge in [0.2, 0.25) is 6.41 Å². The minimum Gasteiger partial charge on any atom is -0.278 e. The van der Waals surface area contributed by atoms with Crippen LogP contribution < -0.4 is 0 Å². The molecule has 2 aromatic carbocycles. The van der Waals surface area contributed by atoms with Gasteiger partial charge in [0.1, 0.15) is 0 Å². The Balaban J connectivity index is 2.30. The van der Waals surface area contributed by atoms with E-state index < -0.39 is 10.0 Å². The van der Waals surface area contributed by atoms with Crippen LogP contribution >= 0.6 is 15.9 Å². The van der Waals surface area contributed by atoms with Crippen molar-refractivity contribution in [2.24, 2.45) is 0 Å². The van der Waals surface area contributed by atoms with Crippen LogP contribution in [0.2, 0.25) is 0 Å². The number of hydrogen-bond acceptors (Lipinski definition) is 3. The minimum atomic E-state index is -3.82. The molecule has 6 heteroatoms. The maximum Gasteiger partial charge on any atom is 0.266 e. The summed E-state index contributed by atoms with van der Waals surface area (Å²) in [4.78, 5) is 11.2. The molecule has 0 unspecified atom stereocenters. The van der Waals surface area contributed by atoms with Gasteiger partial charge in [0.25, 0.3) is 10.0 Å². The molecular weight excluding hydrogens is 342 g/mol. The standard InChI is InChI=1S/C14H12BrNO3S/c15-13-6-8-14(9-7-13)20(18,19)16(11-17)10-12-4-2-1-3-5-12/h1-9,11H,10H2. The Morgan fingerprint density at radius 1 is 1.00 bits per heavy atom. The summed E-state index contributed by atoms with van der Waals surface area (Å²) in [6.45, 7) is 0.0166. The number of rotatable bonds is 5. The number of amides is 1. The van der Waals surface area contributed by atoms with Crippen LogP contribution in [0.25, 0.3) is 0 Å². The fraction of sp³-hybridized carbons (Fsp3) is 0.0714. The summed E-state index contributed by atoms with van der Waals surface area (Å²) in [5.74, 6) is 0. The Bertz CT molecular complexity index is 684. The van der Waals surface area contributed by atoms with Gasteiger partial charge in [-0.05, 0) is 29.8 Å². The largest absolute Gasteiger partial charge is 0.278 e. The van der Waals surface area contributed by atoms with Crippen LogP contribution in [-0.4, -0.2) is 19.1 Å². The highest BCUT2D eigenvalue weighted by atomic mass is 79.9. The van der Waals surface area contributed by atoms with Gasteiger partial charge in [0.15, 0.2) is 0 Å². The molecule has 0 aliphatic heterocycles.